The molecule has 0 saturated carbocycles. The van der Waals surface area contributed by atoms with E-state index in [0.717, 1.165) is 4.90 Å². The molecule has 0 aromatic heterocycles. The van der Waals surface area contributed by atoms with Crippen molar-refractivity contribution in [1.82, 2.24) is 10.2 Å². The molecule has 1 aromatic rings. The Balaban J connectivity index is 2.38. The van der Waals surface area contributed by atoms with E-state index in [1.165, 1.54) is 7.11 Å². The van der Waals surface area contributed by atoms with Crippen molar-refractivity contribution in [1.29, 1.82) is 0 Å². The quantitative estimate of drug-likeness (QED) is 0.662. The first-order valence-electron chi connectivity index (χ1n) is 7.26. The maximum Gasteiger partial charge on any atom is 0.328 e. The van der Waals surface area contributed by atoms with E-state index >= 15 is 0 Å². The molecule has 0 bridgehead atoms. The summed E-state index contributed by atoms with van der Waals surface area (Å²) >= 11 is 6.25. The highest BCUT2D eigenvalue weighted by atomic mass is 35.5. The minimum absolute atomic E-state index is 0.0561. The number of ether oxygens (including phenoxy) is 2. The number of nitrogens with one attached hydrogen (secondary N) is 1. The average Bonchev–Trinajstić information content (AvgIpc) is 2.75. The molecule has 3 amide bonds. The molecule has 1 heterocycles. The maximum absolute atomic E-state index is 12.1. The molecule has 2 rings (SSSR count). The second-order valence-corrected chi connectivity index (χ2v) is 5.65. The number of hydrogen-bond donors (Lipinski definition) is 1. The zero-order valence-electron chi connectivity index (χ0n) is 13.5. The lowest BCUT2D eigenvalue weighted by Gasteiger charge is -2.15. The van der Waals surface area contributed by atoms with Gasteiger partial charge in [0.2, 0.25) is 0 Å². The van der Waals surface area contributed by atoms with E-state index in [1.54, 1.807) is 25.1 Å². The van der Waals surface area contributed by atoms with E-state index < -0.39 is 6.03 Å². The first kappa shape index (κ1) is 17.1. The molecule has 6 nitrogen and oxygen atoms in total. The Bertz CT molecular complexity index is 670. The van der Waals surface area contributed by atoms with Crippen molar-refractivity contribution in [3.8, 4) is 11.5 Å². The lowest BCUT2D eigenvalue weighted by molar-refractivity contribution is -0.122. The van der Waals surface area contributed by atoms with Gasteiger partial charge in [0.15, 0.2) is 11.5 Å². The van der Waals surface area contributed by atoms with Gasteiger partial charge in [0.1, 0.15) is 5.70 Å². The predicted molar refractivity (Wildman–Crippen MR) is 87.7 cm³/mol. The minimum Gasteiger partial charge on any atom is -0.493 e. The second-order valence-electron chi connectivity index (χ2n) is 5.24. The van der Waals surface area contributed by atoms with Gasteiger partial charge in [0, 0.05) is 6.54 Å². The van der Waals surface area contributed by atoms with Crippen LogP contribution in [0.25, 0.3) is 6.08 Å². The van der Waals surface area contributed by atoms with E-state index in [-0.39, 0.29) is 17.7 Å². The highest BCUT2D eigenvalue weighted by Crippen LogP contribution is 2.37. The van der Waals surface area contributed by atoms with E-state index in [0.29, 0.717) is 28.6 Å². The summed E-state index contributed by atoms with van der Waals surface area (Å²) in [5, 5.41) is 2.91. The summed E-state index contributed by atoms with van der Waals surface area (Å²) in [6, 6.07) is 2.93. The zero-order valence-corrected chi connectivity index (χ0v) is 14.2. The van der Waals surface area contributed by atoms with Crippen LogP contribution in [-0.4, -0.2) is 36.6 Å². The van der Waals surface area contributed by atoms with E-state index in [4.69, 9.17) is 21.1 Å². The number of likely N-dealkylation sites (N-methyl/N-ethyl adjacent to an activating group) is 1. The van der Waals surface area contributed by atoms with Crippen molar-refractivity contribution in [2.24, 2.45) is 0 Å². The van der Waals surface area contributed by atoms with Gasteiger partial charge < -0.3 is 14.8 Å². The monoisotopic (exact) mass is 338 g/mol. The third-order valence-electron chi connectivity index (χ3n) is 3.19. The molecule has 0 radical (unpaired) electrons. The minimum atomic E-state index is -0.429. The van der Waals surface area contributed by atoms with Crippen LogP contribution >= 0.6 is 11.6 Å². The van der Waals surface area contributed by atoms with Gasteiger partial charge in [-0.05, 0) is 44.5 Å². The van der Waals surface area contributed by atoms with Crippen LogP contribution in [0.5, 0.6) is 11.5 Å². The largest absolute Gasteiger partial charge is 0.493 e. The highest BCUT2D eigenvalue weighted by Gasteiger charge is 2.32. The summed E-state index contributed by atoms with van der Waals surface area (Å²) in [5.41, 5.74) is 0.831. The van der Waals surface area contributed by atoms with Crippen LogP contribution in [-0.2, 0) is 4.79 Å². The zero-order chi connectivity index (χ0) is 17.1. The number of halogens is 1. The molecule has 0 spiro atoms. The summed E-state index contributed by atoms with van der Waals surface area (Å²) in [4.78, 5) is 24.9. The smallest absolute Gasteiger partial charge is 0.328 e. The van der Waals surface area contributed by atoms with Gasteiger partial charge in [0.05, 0.1) is 18.2 Å². The van der Waals surface area contributed by atoms with Crippen molar-refractivity contribution in [3.63, 3.8) is 0 Å². The Morgan fingerprint density at radius 3 is 2.57 bits per heavy atom. The van der Waals surface area contributed by atoms with Gasteiger partial charge in [-0.15, -0.1) is 0 Å². The molecular formula is C16H19ClN2O4. The second kappa shape index (κ2) is 6.91. The van der Waals surface area contributed by atoms with Crippen molar-refractivity contribution < 1.29 is 19.1 Å². The van der Waals surface area contributed by atoms with Crippen LogP contribution in [0.1, 0.15) is 26.3 Å². The number of amides is 3. The number of benzene rings is 1. The number of methoxy groups -OCH3 is 1. The Kier molecular flexibility index (Phi) is 5.15. The van der Waals surface area contributed by atoms with Gasteiger partial charge >= 0.3 is 6.03 Å². The third kappa shape index (κ3) is 3.59. The summed E-state index contributed by atoms with van der Waals surface area (Å²) in [5.74, 6) is 0.542. The molecule has 23 heavy (non-hydrogen) atoms. The molecule has 1 aliphatic rings. The number of hydrogen-bond acceptors (Lipinski definition) is 4. The molecule has 124 valence electrons. The van der Waals surface area contributed by atoms with Gasteiger partial charge in [0.25, 0.3) is 5.91 Å². The lowest BCUT2D eigenvalue weighted by Crippen LogP contribution is -2.30. The van der Waals surface area contributed by atoms with E-state index in [9.17, 15) is 9.59 Å². The van der Waals surface area contributed by atoms with Gasteiger partial charge in [-0.25, -0.2) is 4.79 Å². The van der Waals surface area contributed by atoms with Crippen molar-refractivity contribution in [2.45, 2.75) is 26.9 Å². The molecule has 1 aliphatic heterocycles. The fraction of sp³-hybridized carbons (Fsp3) is 0.375. The fourth-order valence-electron chi connectivity index (χ4n) is 2.20. The Labute approximate surface area is 140 Å². The Morgan fingerprint density at radius 1 is 1.35 bits per heavy atom. The summed E-state index contributed by atoms with van der Waals surface area (Å²) in [6.07, 6.45) is 1.50. The topological polar surface area (TPSA) is 67.9 Å². The number of rotatable bonds is 5. The van der Waals surface area contributed by atoms with Crippen LogP contribution in [0.15, 0.2) is 17.8 Å². The number of nitrogens with zero attached hydrogens (tertiary/aromatic N) is 1. The number of urea groups is 1. The SMILES string of the molecule is CCN1C(=O)N/C(=C/c2cc(Cl)c(OC(C)C)c(OC)c2)C1=O. The van der Waals surface area contributed by atoms with Crippen LogP contribution in [0.2, 0.25) is 5.02 Å². The molecule has 7 heteroatoms. The lowest BCUT2D eigenvalue weighted by atomic mass is 10.1. The van der Waals surface area contributed by atoms with Crippen LogP contribution in [0.3, 0.4) is 0 Å². The van der Waals surface area contributed by atoms with Crippen LogP contribution < -0.4 is 14.8 Å². The molecule has 1 N–H and O–H groups in total. The van der Waals surface area contributed by atoms with Gasteiger partial charge in [-0.2, -0.15) is 0 Å². The number of carbonyl (C=O) groups excluding carboxylic acids is 2. The standard InChI is InChI=1S/C16H19ClN2O4/c1-5-19-15(20)12(18-16(19)21)7-10-6-11(17)14(23-9(2)3)13(8-10)22-4/h6-9H,5H2,1-4H3,(H,18,21)/b12-7+. The molecular weight excluding hydrogens is 320 g/mol. The Morgan fingerprint density at radius 2 is 2.04 bits per heavy atom. The van der Waals surface area contributed by atoms with Crippen molar-refractivity contribution in [2.75, 3.05) is 13.7 Å². The number of carbonyl (C=O) groups is 2. The first-order chi connectivity index (χ1) is 10.9. The molecule has 1 saturated heterocycles. The summed E-state index contributed by atoms with van der Waals surface area (Å²) in [6.45, 7) is 5.82. The number of imide groups is 1. The van der Waals surface area contributed by atoms with E-state index in [1.807, 2.05) is 13.8 Å². The highest BCUT2D eigenvalue weighted by molar-refractivity contribution is 6.32. The Hall–Kier alpha value is -2.21. The van der Waals surface area contributed by atoms with Gasteiger partial charge in [-0.3, -0.25) is 9.69 Å². The summed E-state index contributed by atoms with van der Waals surface area (Å²) in [7, 11) is 1.51. The normalized spacial score (nSPS) is 16.3. The maximum atomic E-state index is 12.1. The van der Waals surface area contributed by atoms with Crippen molar-refractivity contribution >= 4 is 29.6 Å². The average molecular weight is 339 g/mol. The predicted octanol–water partition coefficient (Wildman–Crippen LogP) is 3.05. The molecule has 1 aromatic carbocycles. The molecule has 0 atom stereocenters. The van der Waals surface area contributed by atoms with E-state index in [2.05, 4.69) is 5.32 Å². The molecule has 1 fully saturated rings. The van der Waals surface area contributed by atoms with Gasteiger partial charge in [-0.1, -0.05) is 11.6 Å². The van der Waals surface area contributed by atoms with Crippen molar-refractivity contribution in [3.05, 3.63) is 28.4 Å². The molecule has 0 aliphatic carbocycles. The third-order valence-corrected chi connectivity index (χ3v) is 3.48. The first-order valence-corrected chi connectivity index (χ1v) is 7.63. The molecule has 0 unspecified atom stereocenters. The van der Waals surface area contributed by atoms with Crippen LogP contribution in [0, 0.1) is 0 Å². The van der Waals surface area contributed by atoms with Crippen LogP contribution in [0.4, 0.5) is 4.79 Å². The fourth-order valence-corrected chi connectivity index (χ4v) is 2.46. The summed E-state index contributed by atoms with van der Waals surface area (Å²) < 4.78 is 10.9.